The highest BCUT2D eigenvalue weighted by Gasteiger charge is 2.56. The van der Waals surface area contributed by atoms with Crippen molar-refractivity contribution in [2.75, 3.05) is 27.6 Å². The van der Waals surface area contributed by atoms with Crippen LogP contribution in [-0.4, -0.2) is 72.0 Å². The summed E-state index contributed by atoms with van der Waals surface area (Å²) in [6, 6.07) is 1.12. The number of benzene rings is 2. The van der Waals surface area contributed by atoms with Crippen LogP contribution in [0, 0.1) is 13.8 Å². The number of carbonyl (C=O) groups excluding carboxylic acids is 1. The first-order valence-corrected chi connectivity index (χ1v) is 13.7. The highest BCUT2D eigenvalue weighted by Crippen LogP contribution is 2.58. The monoisotopic (exact) mass is 552 g/mol. The Morgan fingerprint density at radius 1 is 1.18 bits per heavy atom. The van der Waals surface area contributed by atoms with E-state index in [1.807, 2.05) is 20.9 Å². The zero-order chi connectivity index (χ0) is 28.5. The lowest BCUT2D eigenvalue weighted by atomic mass is 9.73. The summed E-state index contributed by atoms with van der Waals surface area (Å²) >= 11 is 0. The van der Waals surface area contributed by atoms with Crippen LogP contribution in [0.3, 0.4) is 0 Å². The number of nitrogens with zero attached hydrogens (tertiary/aromatic N) is 2. The number of aryl methyl sites for hydroxylation is 1. The van der Waals surface area contributed by atoms with Crippen LogP contribution in [-0.2, 0) is 17.6 Å². The number of piperazine rings is 1. The number of ether oxygens (including phenoxy) is 5. The summed E-state index contributed by atoms with van der Waals surface area (Å²) < 4.78 is 28.4. The van der Waals surface area contributed by atoms with E-state index in [0.717, 1.165) is 27.8 Å². The standard InChI is InChI=1S/C30H36N2O8/c1-7-9-37-30(35)40-26-15(4)27-28(39-13-38-27)22-17(26)12-19-23-21-16(10-14(3)25(36-6)24(21)33)11-20(31(23)5)29(34)32(19)18(22)8-2/h7,10,18-20,23,29,33-34H,1,8-9,11-13H2,2-6H3/t18-,19?,20-,23+,29-/m0/s1. The van der Waals surface area contributed by atoms with Crippen LogP contribution in [0.4, 0.5) is 4.79 Å². The maximum absolute atomic E-state index is 12.7. The molecule has 1 fully saturated rings. The first kappa shape index (κ1) is 26.7. The van der Waals surface area contributed by atoms with E-state index in [1.165, 1.54) is 6.08 Å². The second kappa shape index (κ2) is 9.87. The lowest BCUT2D eigenvalue weighted by molar-refractivity contribution is -0.172. The third-order valence-corrected chi connectivity index (χ3v) is 8.99. The molecule has 2 N–H and O–H groups in total. The number of phenols is 1. The van der Waals surface area contributed by atoms with Crippen molar-refractivity contribution in [2.24, 2.45) is 0 Å². The molecular weight excluding hydrogens is 516 g/mol. The van der Waals surface area contributed by atoms with E-state index in [2.05, 4.69) is 29.4 Å². The molecule has 0 radical (unpaired) electrons. The van der Waals surface area contributed by atoms with Crippen molar-refractivity contribution in [2.45, 2.75) is 70.4 Å². The van der Waals surface area contributed by atoms with Crippen LogP contribution >= 0.6 is 0 Å². The van der Waals surface area contributed by atoms with Crippen LogP contribution in [0.5, 0.6) is 28.7 Å². The van der Waals surface area contributed by atoms with E-state index >= 15 is 0 Å². The molecule has 2 aromatic carbocycles. The Labute approximate surface area is 233 Å². The zero-order valence-electron chi connectivity index (χ0n) is 23.5. The van der Waals surface area contributed by atoms with E-state index in [0.29, 0.717) is 47.8 Å². The second-order valence-electron chi connectivity index (χ2n) is 10.9. The third-order valence-electron chi connectivity index (χ3n) is 8.99. The van der Waals surface area contributed by atoms with Gasteiger partial charge in [0.15, 0.2) is 23.0 Å². The molecule has 6 rings (SSSR count). The maximum atomic E-state index is 12.7. The zero-order valence-corrected chi connectivity index (χ0v) is 23.5. The molecule has 4 heterocycles. The highest BCUT2D eigenvalue weighted by molar-refractivity contribution is 5.71. The predicted octanol–water partition coefficient (Wildman–Crippen LogP) is 4.06. The van der Waals surface area contributed by atoms with Crippen molar-refractivity contribution < 1.29 is 38.7 Å². The average Bonchev–Trinajstić information content (AvgIpc) is 3.42. The normalized spacial score (nSPS) is 26.4. The van der Waals surface area contributed by atoms with E-state index < -0.39 is 12.4 Å². The minimum absolute atomic E-state index is 0.0242. The molecule has 2 bridgehead atoms. The molecule has 10 heteroatoms. The molecule has 214 valence electrons. The molecule has 10 nitrogen and oxygen atoms in total. The SMILES string of the molecule is C=CCOC(=O)Oc1c(C)c2c(c3c1CC1[C@@H]4c5c(cc(C)c(OC)c5O)C[C@@H]([C@H](O)N1[C@H]3CC)N4C)OCO2. The summed E-state index contributed by atoms with van der Waals surface area (Å²) in [5.41, 5.74) is 4.99. The van der Waals surface area contributed by atoms with E-state index in [9.17, 15) is 15.0 Å². The Balaban J connectivity index is 1.55. The molecule has 2 aromatic rings. The molecule has 1 saturated heterocycles. The fourth-order valence-electron chi connectivity index (χ4n) is 7.42. The lowest BCUT2D eigenvalue weighted by Gasteiger charge is -2.60. The fraction of sp³-hybridized carbons (Fsp3) is 0.500. The van der Waals surface area contributed by atoms with Gasteiger partial charge in [0, 0.05) is 34.3 Å². The number of phenolic OH excluding ortho intramolecular Hbond substituents is 1. The quantitative estimate of drug-likeness (QED) is 0.320. The molecule has 0 amide bonds. The van der Waals surface area contributed by atoms with Gasteiger partial charge in [-0.05, 0) is 51.3 Å². The van der Waals surface area contributed by atoms with Gasteiger partial charge in [-0.1, -0.05) is 25.6 Å². The molecule has 1 unspecified atom stereocenters. The van der Waals surface area contributed by atoms with Gasteiger partial charge in [-0.2, -0.15) is 0 Å². The van der Waals surface area contributed by atoms with Crippen LogP contribution in [0.2, 0.25) is 0 Å². The molecular formula is C30H36N2O8. The van der Waals surface area contributed by atoms with Crippen molar-refractivity contribution in [3.05, 3.63) is 52.1 Å². The Kier molecular flexibility index (Phi) is 6.59. The molecule has 0 saturated carbocycles. The summed E-state index contributed by atoms with van der Waals surface area (Å²) in [4.78, 5) is 17.0. The van der Waals surface area contributed by atoms with E-state index in [4.69, 9.17) is 23.7 Å². The minimum atomic E-state index is -0.832. The number of fused-ring (bicyclic) bond motifs is 9. The largest absolute Gasteiger partial charge is 0.514 e. The van der Waals surface area contributed by atoms with Crippen molar-refractivity contribution in [1.82, 2.24) is 9.80 Å². The Morgan fingerprint density at radius 2 is 1.93 bits per heavy atom. The van der Waals surface area contributed by atoms with Gasteiger partial charge in [0.1, 0.15) is 18.6 Å². The summed E-state index contributed by atoms with van der Waals surface area (Å²) in [5, 5.41) is 23.4. The molecule has 5 atom stereocenters. The van der Waals surface area contributed by atoms with Gasteiger partial charge in [-0.25, -0.2) is 4.79 Å². The van der Waals surface area contributed by atoms with E-state index in [1.54, 1.807) is 7.11 Å². The lowest BCUT2D eigenvalue weighted by Crippen LogP contribution is -2.68. The van der Waals surface area contributed by atoms with Gasteiger partial charge < -0.3 is 33.9 Å². The van der Waals surface area contributed by atoms with Crippen LogP contribution in [0.25, 0.3) is 0 Å². The van der Waals surface area contributed by atoms with Gasteiger partial charge >= 0.3 is 6.16 Å². The van der Waals surface area contributed by atoms with Crippen LogP contribution < -0.4 is 18.9 Å². The molecule has 40 heavy (non-hydrogen) atoms. The minimum Gasteiger partial charge on any atom is -0.504 e. The summed E-state index contributed by atoms with van der Waals surface area (Å²) in [7, 11) is 3.56. The summed E-state index contributed by atoms with van der Waals surface area (Å²) in [5.74, 6) is 2.14. The number of aromatic hydroxyl groups is 1. The van der Waals surface area contributed by atoms with Crippen molar-refractivity contribution in [1.29, 1.82) is 0 Å². The number of aliphatic hydroxyl groups excluding tert-OH is 1. The molecule has 4 aliphatic heterocycles. The third kappa shape index (κ3) is 3.69. The first-order chi connectivity index (χ1) is 19.2. The number of carbonyl (C=O) groups is 1. The van der Waals surface area contributed by atoms with Gasteiger partial charge in [0.2, 0.25) is 6.79 Å². The van der Waals surface area contributed by atoms with Gasteiger partial charge in [0.05, 0.1) is 19.2 Å². The number of hydrogen-bond donors (Lipinski definition) is 2. The van der Waals surface area contributed by atoms with Crippen molar-refractivity contribution in [3.8, 4) is 28.7 Å². The van der Waals surface area contributed by atoms with Gasteiger partial charge in [0.25, 0.3) is 0 Å². The average molecular weight is 553 g/mol. The maximum Gasteiger partial charge on any atom is 0.514 e. The molecule has 0 spiro atoms. The smallest absolute Gasteiger partial charge is 0.504 e. The predicted molar refractivity (Wildman–Crippen MR) is 145 cm³/mol. The second-order valence-corrected chi connectivity index (χ2v) is 10.9. The Hall–Kier alpha value is -3.47. The van der Waals surface area contributed by atoms with Gasteiger partial charge in [-0.15, -0.1) is 0 Å². The highest BCUT2D eigenvalue weighted by atomic mass is 16.7. The van der Waals surface area contributed by atoms with Crippen LogP contribution in [0.15, 0.2) is 18.7 Å². The van der Waals surface area contributed by atoms with Crippen LogP contribution in [0.1, 0.15) is 58.8 Å². The summed E-state index contributed by atoms with van der Waals surface area (Å²) in [6.45, 7) is 9.50. The molecule has 0 aliphatic carbocycles. The van der Waals surface area contributed by atoms with E-state index in [-0.39, 0.29) is 43.3 Å². The van der Waals surface area contributed by atoms with Gasteiger partial charge in [-0.3, -0.25) is 9.80 Å². The number of hydrogen-bond acceptors (Lipinski definition) is 10. The Morgan fingerprint density at radius 3 is 2.62 bits per heavy atom. The Bertz CT molecular complexity index is 1390. The number of rotatable bonds is 5. The fourth-order valence-corrected chi connectivity index (χ4v) is 7.42. The first-order valence-electron chi connectivity index (χ1n) is 13.7. The molecule has 0 aromatic heterocycles. The van der Waals surface area contributed by atoms with Crippen molar-refractivity contribution >= 4 is 6.16 Å². The summed E-state index contributed by atoms with van der Waals surface area (Å²) in [6.07, 6.45) is 1.56. The topological polar surface area (TPSA) is 110 Å². The molecule has 4 aliphatic rings. The number of likely N-dealkylation sites (N-methyl/N-ethyl adjacent to an activating group) is 1. The number of methoxy groups -OCH3 is 1. The number of aliphatic hydroxyl groups is 1. The van der Waals surface area contributed by atoms with Crippen molar-refractivity contribution in [3.63, 3.8) is 0 Å².